The van der Waals surface area contributed by atoms with Crippen molar-refractivity contribution in [3.05, 3.63) is 85.7 Å². The molecule has 0 aromatic heterocycles. The first-order valence-corrected chi connectivity index (χ1v) is 10.6. The van der Waals surface area contributed by atoms with Crippen LogP contribution in [0.25, 0.3) is 0 Å². The Balaban J connectivity index is 1.86. The average molecular weight is 524 g/mol. The smallest absolute Gasteiger partial charge is 0.175 e. The molecule has 0 saturated heterocycles. The largest absolute Gasteiger partial charge is 0.490 e. The summed E-state index contributed by atoms with van der Waals surface area (Å²) in [5.74, 6) is 0.896. The van der Waals surface area contributed by atoms with E-state index in [1.165, 1.54) is 6.07 Å². The van der Waals surface area contributed by atoms with E-state index < -0.39 is 0 Å². The molecule has 3 aromatic carbocycles. The van der Waals surface area contributed by atoms with Gasteiger partial charge in [-0.3, -0.25) is 4.99 Å². The van der Waals surface area contributed by atoms with Gasteiger partial charge in [-0.25, -0.2) is 4.39 Å². The van der Waals surface area contributed by atoms with Gasteiger partial charge in [-0.15, -0.1) is 0 Å². The zero-order valence-corrected chi connectivity index (χ0v) is 19.0. The fourth-order valence-electron chi connectivity index (χ4n) is 2.70. The summed E-state index contributed by atoms with van der Waals surface area (Å²) in [4.78, 5) is 4.56. The number of ether oxygens (including phenoxy) is 2. The Hall–Kier alpha value is -2.12. The van der Waals surface area contributed by atoms with Crippen molar-refractivity contribution in [2.24, 2.45) is 4.99 Å². The minimum Gasteiger partial charge on any atom is -0.490 e. The van der Waals surface area contributed by atoms with Crippen LogP contribution in [0, 0.1) is 16.3 Å². The van der Waals surface area contributed by atoms with Crippen LogP contribution in [0.1, 0.15) is 23.6 Å². The normalized spacial score (nSPS) is 11.1. The van der Waals surface area contributed by atoms with Gasteiger partial charge in [0.25, 0.3) is 0 Å². The first-order valence-electron chi connectivity index (χ1n) is 9.10. The van der Waals surface area contributed by atoms with Crippen LogP contribution in [0.15, 0.2) is 59.6 Å². The van der Waals surface area contributed by atoms with Crippen molar-refractivity contribution >= 4 is 46.1 Å². The fourth-order valence-corrected chi connectivity index (χ4v) is 3.64. The molecule has 3 nitrogen and oxygen atoms in total. The van der Waals surface area contributed by atoms with E-state index in [-0.39, 0.29) is 12.4 Å². The van der Waals surface area contributed by atoms with Gasteiger partial charge in [0.15, 0.2) is 11.5 Å². The highest BCUT2D eigenvalue weighted by Crippen LogP contribution is 2.35. The Morgan fingerprint density at radius 3 is 2.66 bits per heavy atom. The number of hydrogen-bond donors (Lipinski definition) is 0. The Morgan fingerprint density at radius 2 is 1.90 bits per heavy atom. The van der Waals surface area contributed by atoms with Crippen molar-refractivity contribution < 1.29 is 13.9 Å². The van der Waals surface area contributed by atoms with Crippen LogP contribution in [-0.2, 0) is 6.61 Å². The average Bonchev–Trinajstić information content (AvgIpc) is 2.69. The van der Waals surface area contributed by atoms with Crippen molar-refractivity contribution in [3.8, 4) is 11.5 Å². The third kappa shape index (κ3) is 5.70. The zero-order chi connectivity index (χ0) is 20.8. The first kappa shape index (κ1) is 21.6. The number of aryl methyl sites for hydroxylation is 1. The predicted octanol–water partition coefficient (Wildman–Crippen LogP) is 7.12. The molecule has 0 fully saturated rings. The van der Waals surface area contributed by atoms with Gasteiger partial charge >= 0.3 is 0 Å². The third-order valence-corrected chi connectivity index (χ3v) is 5.22. The molecule has 0 bridgehead atoms. The summed E-state index contributed by atoms with van der Waals surface area (Å²) in [7, 11) is 0. The second kappa shape index (κ2) is 10.1. The molecular formula is C23H20ClFINO2. The quantitative estimate of drug-likeness (QED) is 0.244. The van der Waals surface area contributed by atoms with Crippen LogP contribution in [0.2, 0.25) is 5.02 Å². The predicted molar refractivity (Wildman–Crippen MR) is 125 cm³/mol. The lowest BCUT2D eigenvalue weighted by Crippen LogP contribution is -2.03. The van der Waals surface area contributed by atoms with Crippen molar-refractivity contribution in [3.63, 3.8) is 0 Å². The molecule has 0 atom stereocenters. The van der Waals surface area contributed by atoms with E-state index >= 15 is 0 Å². The Labute approximate surface area is 188 Å². The van der Waals surface area contributed by atoms with Crippen molar-refractivity contribution in [1.82, 2.24) is 0 Å². The highest BCUT2D eigenvalue weighted by molar-refractivity contribution is 14.1. The molecule has 150 valence electrons. The lowest BCUT2D eigenvalue weighted by atomic mass is 10.2. The molecule has 0 radical (unpaired) electrons. The summed E-state index contributed by atoms with van der Waals surface area (Å²) in [5.41, 5.74) is 3.21. The van der Waals surface area contributed by atoms with E-state index in [1.807, 2.05) is 44.2 Å². The van der Waals surface area contributed by atoms with Crippen molar-refractivity contribution in [1.29, 1.82) is 0 Å². The highest BCUT2D eigenvalue weighted by atomic mass is 127. The summed E-state index contributed by atoms with van der Waals surface area (Å²) in [5, 5.41) is 0.643. The molecule has 3 aromatic rings. The molecular weight excluding hydrogens is 504 g/mol. The minimum absolute atomic E-state index is 0.123. The summed E-state index contributed by atoms with van der Waals surface area (Å²) in [6, 6.07) is 16.0. The Bertz CT molecular complexity index is 1040. The Kier molecular flexibility index (Phi) is 7.50. The van der Waals surface area contributed by atoms with Crippen LogP contribution in [0.3, 0.4) is 0 Å². The van der Waals surface area contributed by atoms with Crippen LogP contribution in [0.5, 0.6) is 11.5 Å². The van der Waals surface area contributed by atoms with Gasteiger partial charge in [0.2, 0.25) is 0 Å². The molecule has 0 N–H and O–H groups in total. The van der Waals surface area contributed by atoms with Crippen LogP contribution in [0.4, 0.5) is 10.1 Å². The molecule has 0 unspecified atom stereocenters. The van der Waals surface area contributed by atoms with Crippen LogP contribution >= 0.6 is 34.2 Å². The second-order valence-corrected chi connectivity index (χ2v) is 7.93. The molecule has 0 spiro atoms. The number of halogens is 3. The fraction of sp³-hybridized carbons (Fsp3) is 0.174. The van der Waals surface area contributed by atoms with E-state index in [9.17, 15) is 4.39 Å². The monoisotopic (exact) mass is 523 g/mol. The molecule has 0 aliphatic rings. The lowest BCUT2D eigenvalue weighted by molar-refractivity contribution is 0.264. The van der Waals surface area contributed by atoms with Gasteiger partial charge in [0, 0.05) is 16.8 Å². The van der Waals surface area contributed by atoms with Crippen molar-refractivity contribution in [2.75, 3.05) is 6.61 Å². The number of hydrogen-bond acceptors (Lipinski definition) is 3. The minimum atomic E-state index is -0.291. The molecule has 29 heavy (non-hydrogen) atoms. The topological polar surface area (TPSA) is 30.8 Å². The van der Waals surface area contributed by atoms with E-state index in [1.54, 1.807) is 24.4 Å². The molecule has 6 heteroatoms. The maximum Gasteiger partial charge on any atom is 0.175 e. The van der Waals surface area contributed by atoms with Crippen molar-refractivity contribution in [2.45, 2.75) is 20.5 Å². The Morgan fingerprint density at radius 1 is 1.10 bits per heavy atom. The molecule has 0 saturated carbocycles. The molecule has 0 aliphatic heterocycles. The SMILES string of the molecule is CCOc1cc(C=Nc2cc(Cl)ccc2C)cc(I)c1OCc1ccccc1F. The second-order valence-electron chi connectivity index (χ2n) is 6.33. The van der Waals surface area contributed by atoms with E-state index in [0.717, 1.165) is 20.4 Å². The summed E-state index contributed by atoms with van der Waals surface area (Å²) in [6.45, 7) is 4.50. The van der Waals surface area contributed by atoms with E-state index in [4.69, 9.17) is 21.1 Å². The number of benzene rings is 3. The first-order chi connectivity index (χ1) is 14.0. The number of nitrogens with zero attached hydrogens (tertiary/aromatic N) is 1. The van der Waals surface area contributed by atoms with Crippen LogP contribution < -0.4 is 9.47 Å². The third-order valence-electron chi connectivity index (χ3n) is 4.19. The summed E-state index contributed by atoms with van der Waals surface area (Å²) in [6.07, 6.45) is 1.77. The maximum atomic E-state index is 13.9. The molecule has 3 rings (SSSR count). The van der Waals surface area contributed by atoms with E-state index in [2.05, 4.69) is 27.6 Å². The number of aliphatic imine (C=N–C) groups is 1. The van der Waals surface area contributed by atoms with Crippen LogP contribution in [-0.4, -0.2) is 12.8 Å². The van der Waals surface area contributed by atoms with Gasteiger partial charge in [-0.1, -0.05) is 35.9 Å². The van der Waals surface area contributed by atoms with Gasteiger partial charge in [0.05, 0.1) is 15.9 Å². The standard InChI is InChI=1S/C23H20ClFINO2/c1-3-28-22-11-16(13-27-21-12-18(24)9-8-15(21)2)10-20(26)23(22)29-14-17-6-4-5-7-19(17)25/h4-13H,3,14H2,1-2H3. The summed E-state index contributed by atoms with van der Waals surface area (Å²) < 4.78 is 26.4. The molecule has 0 amide bonds. The van der Waals surface area contributed by atoms with Gasteiger partial charge < -0.3 is 9.47 Å². The number of rotatable bonds is 7. The maximum absolute atomic E-state index is 13.9. The van der Waals surface area contributed by atoms with Gasteiger partial charge in [0.1, 0.15) is 12.4 Å². The van der Waals surface area contributed by atoms with Gasteiger partial charge in [-0.2, -0.15) is 0 Å². The zero-order valence-electron chi connectivity index (χ0n) is 16.1. The summed E-state index contributed by atoms with van der Waals surface area (Å²) >= 11 is 8.26. The van der Waals surface area contributed by atoms with Gasteiger partial charge in [-0.05, 0) is 77.9 Å². The lowest BCUT2D eigenvalue weighted by Gasteiger charge is -2.15. The molecule has 0 aliphatic carbocycles. The highest BCUT2D eigenvalue weighted by Gasteiger charge is 2.13. The molecule has 0 heterocycles. The van der Waals surface area contributed by atoms with E-state index in [0.29, 0.717) is 28.7 Å².